The van der Waals surface area contributed by atoms with Crippen molar-refractivity contribution < 1.29 is 13.5 Å². The molecule has 0 aliphatic carbocycles. The summed E-state index contributed by atoms with van der Waals surface area (Å²) in [6.07, 6.45) is 1.09. The quantitative estimate of drug-likeness (QED) is 0.587. The van der Waals surface area contributed by atoms with Gasteiger partial charge in [-0.05, 0) is 24.3 Å². The average Bonchev–Trinajstić information content (AvgIpc) is 2.64. The topological polar surface area (TPSA) is 51.1 Å². The number of pyridine rings is 1. The van der Waals surface area contributed by atoms with Crippen LogP contribution in [0.5, 0.6) is 5.75 Å². The van der Waals surface area contributed by atoms with Crippen LogP contribution in [-0.2, 0) is 0 Å². The molecule has 1 saturated heterocycles. The second kappa shape index (κ2) is 7.40. The van der Waals surface area contributed by atoms with Crippen LogP contribution in [0, 0.1) is 11.6 Å². The van der Waals surface area contributed by atoms with E-state index in [9.17, 15) is 8.78 Å². The number of nitrogens with zero attached hydrogens (tertiary/aromatic N) is 4. The minimum Gasteiger partial charge on any atom is -0.487 e. The van der Waals surface area contributed by atoms with Crippen LogP contribution >= 0.6 is 23.2 Å². The highest BCUT2D eigenvalue weighted by Gasteiger charge is 2.25. The van der Waals surface area contributed by atoms with Gasteiger partial charge in [-0.25, -0.2) is 23.7 Å². The lowest BCUT2D eigenvalue weighted by molar-refractivity contribution is 0.163. The van der Waals surface area contributed by atoms with E-state index in [-0.39, 0.29) is 17.0 Å². The molecular formula is C18H14Cl2F2N4O. The Bertz CT molecular complexity index is 997. The molecule has 0 bridgehead atoms. The zero-order valence-electron chi connectivity index (χ0n) is 14.0. The number of hydrogen-bond acceptors (Lipinski definition) is 5. The summed E-state index contributed by atoms with van der Waals surface area (Å²) in [6, 6.07) is 6.64. The van der Waals surface area contributed by atoms with Gasteiger partial charge < -0.3 is 9.64 Å². The molecule has 0 amide bonds. The normalized spacial score (nSPS) is 15.3. The first-order valence-corrected chi connectivity index (χ1v) is 9.11. The van der Waals surface area contributed by atoms with Gasteiger partial charge in [0, 0.05) is 32.0 Å². The predicted octanol–water partition coefficient (Wildman–Crippen LogP) is 4.66. The van der Waals surface area contributed by atoms with Crippen LogP contribution in [0.1, 0.15) is 12.8 Å². The summed E-state index contributed by atoms with van der Waals surface area (Å²) in [5.74, 6) is -0.751. The van der Waals surface area contributed by atoms with Gasteiger partial charge in [-0.1, -0.05) is 23.2 Å². The lowest BCUT2D eigenvalue weighted by Gasteiger charge is -2.33. The van der Waals surface area contributed by atoms with E-state index in [2.05, 4.69) is 15.0 Å². The summed E-state index contributed by atoms with van der Waals surface area (Å²) < 4.78 is 32.4. The van der Waals surface area contributed by atoms with Crippen molar-refractivity contribution in [2.75, 3.05) is 18.0 Å². The molecule has 0 unspecified atom stereocenters. The predicted molar refractivity (Wildman–Crippen MR) is 99.6 cm³/mol. The molecule has 4 rings (SSSR count). The summed E-state index contributed by atoms with van der Waals surface area (Å²) in [6.45, 7) is 1.21. The first-order chi connectivity index (χ1) is 13.0. The molecular weight excluding hydrogens is 397 g/mol. The van der Waals surface area contributed by atoms with E-state index >= 15 is 0 Å². The minimum absolute atomic E-state index is 0.0530. The standard InChI is InChI=1S/C18H14Cl2F2N4O/c19-15-4-2-13-17(24-15)25-18(16(20)23-13)26-7-5-11(6-8-26)27-14-3-1-10(21)9-12(14)22/h1-4,9,11H,5-8H2. The molecule has 0 spiro atoms. The molecule has 1 aliphatic rings. The zero-order valence-corrected chi connectivity index (χ0v) is 15.5. The second-order valence-electron chi connectivity index (χ2n) is 6.19. The highest BCUT2D eigenvalue weighted by molar-refractivity contribution is 6.32. The van der Waals surface area contributed by atoms with Crippen molar-refractivity contribution in [1.82, 2.24) is 15.0 Å². The molecule has 3 aromatic rings. The lowest BCUT2D eigenvalue weighted by atomic mass is 10.1. The molecule has 2 aromatic heterocycles. The largest absolute Gasteiger partial charge is 0.487 e. The Labute approximate surface area is 163 Å². The fourth-order valence-corrected chi connectivity index (χ4v) is 3.42. The Kier molecular flexibility index (Phi) is 4.97. The summed E-state index contributed by atoms with van der Waals surface area (Å²) in [4.78, 5) is 15.0. The lowest BCUT2D eigenvalue weighted by Crippen LogP contribution is -2.39. The van der Waals surface area contributed by atoms with Crippen LogP contribution < -0.4 is 9.64 Å². The van der Waals surface area contributed by atoms with Crippen molar-refractivity contribution in [3.63, 3.8) is 0 Å². The van der Waals surface area contributed by atoms with Crippen molar-refractivity contribution >= 4 is 40.2 Å². The molecule has 140 valence electrons. The number of anilines is 1. The SMILES string of the molecule is Fc1ccc(OC2CCN(c3nc4nc(Cl)ccc4nc3Cl)CC2)c(F)c1. The molecule has 27 heavy (non-hydrogen) atoms. The van der Waals surface area contributed by atoms with Gasteiger partial charge in [0.15, 0.2) is 28.2 Å². The number of piperidine rings is 1. The summed E-state index contributed by atoms with van der Waals surface area (Å²) in [5.41, 5.74) is 0.992. The number of benzene rings is 1. The molecule has 0 atom stereocenters. The van der Waals surface area contributed by atoms with E-state index in [1.165, 1.54) is 12.1 Å². The molecule has 0 N–H and O–H groups in total. The fourth-order valence-electron chi connectivity index (χ4n) is 3.03. The number of rotatable bonds is 3. The third-order valence-corrected chi connectivity index (χ3v) is 4.83. The van der Waals surface area contributed by atoms with Gasteiger partial charge in [0.25, 0.3) is 0 Å². The van der Waals surface area contributed by atoms with Crippen molar-refractivity contribution in [3.8, 4) is 5.75 Å². The van der Waals surface area contributed by atoms with Crippen LogP contribution in [-0.4, -0.2) is 34.1 Å². The molecule has 3 heterocycles. The number of ether oxygens (including phenoxy) is 1. The highest BCUT2D eigenvalue weighted by Crippen LogP contribution is 2.29. The fraction of sp³-hybridized carbons (Fsp3) is 0.278. The summed E-state index contributed by atoms with van der Waals surface area (Å²) >= 11 is 12.2. The maximum absolute atomic E-state index is 13.8. The minimum atomic E-state index is -0.705. The second-order valence-corrected chi connectivity index (χ2v) is 6.94. The van der Waals surface area contributed by atoms with Crippen molar-refractivity contribution in [2.24, 2.45) is 0 Å². The molecule has 9 heteroatoms. The third-order valence-electron chi connectivity index (χ3n) is 4.36. The Morgan fingerprint density at radius 3 is 2.52 bits per heavy atom. The maximum atomic E-state index is 13.8. The summed E-state index contributed by atoms with van der Waals surface area (Å²) in [5, 5.41) is 0.620. The van der Waals surface area contributed by atoms with Gasteiger partial charge >= 0.3 is 0 Å². The Hall–Kier alpha value is -2.25. The molecule has 1 fully saturated rings. The zero-order chi connectivity index (χ0) is 19.0. The number of fused-ring (bicyclic) bond motifs is 1. The van der Waals surface area contributed by atoms with Gasteiger partial charge in [0.1, 0.15) is 22.6 Å². The van der Waals surface area contributed by atoms with E-state index in [1.807, 2.05) is 4.90 Å². The summed E-state index contributed by atoms with van der Waals surface area (Å²) in [7, 11) is 0. The van der Waals surface area contributed by atoms with Crippen LogP contribution in [0.2, 0.25) is 10.3 Å². The van der Waals surface area contributed by atoms with Crippen LogP contribution in [0.4, 0.5) is 14.6 Å². The van der Waals surface area contributed by atoms with E-state index in [0.29, 0.717) is 48.1 Å². The Balaban J connectivity index is 1.47. The monoisotopic (exact) mass is 410 g/mol. The van der Waals surface area contributed by atoms with Gasteiger partial charge in [-0.3, -0.25) is 0 Å². The number of halogens is 4. The number of aromatic nitrogens is 3. The van der Waals surface area contributed by atoms with Gasteiger partial charge in [-0.15, -0.1) is 0 Å². The molecule has 5 nitrogen and oxygen atoms in total. The Morgan fingerprint density at radius 1 is 1.00 bits per heavy atom. The van der Waals surface area contributed by atoms with E-state index in [4.69, 9.17) is 27.9 Å². The number of hydrogen-bond donors (Lipinski definition) is 0. The van der Waals surface area contributed by atoms with Crippen molar-refractivity contribution in [1.29, 1.82) is 0 Å². The first kappa shape index (κ1) is 18.1. The third kappa shape index (κ3) is 3.89. The van der Waals surface area contributed by atoms with Crippen LogP contribution in [0.25, 0.3) is 11.2 Å². The molecule has 1 aliphatic heterocycles. The molecule has 0 radical (unpaired) electrons. The van der Waals surface area contributed by atoms with Crippen molar-refractivity contribution in [2.45, 2.75) is 18.9 Å². The molecule has 0 saturated carbocycles. The van der Waals surface area contributed by atoms with Crippen LogP contribution in [0.3, 0.4) is 0 Å². The first-order valence-electron chi connectivity index (χ1n) is 8.36. The average molecular weight is 411 g/mol. The van der Waals surface area contributed by atoms with Crippen LogP contribution in [0.15, 0.2) is 30.3 Å². The van der Waals surface area contributed by atoms with Gasteiger partial charge in [-0.2, -0.15) is 0 Å². The van der Waals surface area contributed by atoms with Gasteiger partial charge in [0.05, 0.1) is 0 Å². The maximum Gasteiger partial charge on any atom is 0.181 e. The molecule has 1 aromatic carbocycles. The smallest absolute Gasteiger partial charge is 0.181 e. The highest BCUT2D eigenvalue weighted by atomic mass is 35.5. The Morgan fingerprint density at radius 2 is 1.78 bits per heavy atom. The van der Waals surface area contributed by atoms with E-state index < -0.39 is 11.6 Å². The van der Waals surface area contributed by atoms with E-state index in [0.717, 1.165) is 6.07 Å². The van der Waals surface area contributed by atoms with Crippen molar-refractivity contribution in [3.05, 3.63) is 52.3 Å². The van der Waals surface area contributed by atoms with E-state index in [1.54, 1.807) is 12.1 Å². The van der Waals surface area contributed by atoms with Gasteiger partial charge in [0.2, 0.25) is 0 Å².